The fourth-order valence-electron chi connectivity index (χ4n) is 2.53. The van der Waals surface area contributed by atoms with Crippen molar-refractivity contribution in [1.82, 2.24) is 15.6 Å². The van der Waals surface area contributed by atoms with E-state index in [-0.39, 0.29) is 12.3 Å². The maximum Gasteiger partial charge on any atom is 0.247 e. The fraction of sp³-hybridized carbons (Fsp3) is 0.238. The smallest absolute Gasteiger partial charge is 0.247 e. The van der Waals surface area contributed by atoms with Crippen LogP contribution >= 0.6 is 11.3 Å². The van der Waals surface area contributed by atoms with Crippen molar-refractivity contribution in [3.8, 4) is 11.5 Å². The number of nitrogens with zero attached hydrogens (tertiary/aromatic N) is 3. The van der Waals surface area contributed by atoms with Crippen LogP contribution in [0.2, 0.25) is 0 Å². The zero-order valence-electron chi connectivity index (χ0n) is 16.6. The minimum absolute atomic E-state index is 0.0833. The molecule has 0 aliphatic heterocycles. The maximum absolute atomic E-state index is 11.8. The molecule has 0 aliphatic rings. The third-order valence-electron chi connectivity index (χ3n) is 3.96. The number of aryl methyl sites for hydroxylation is 1. The second kappa shape index (κ2) is 10.9. The number of nitrogen functional groups attached to an aromatic ring is 1. The first-order chi connectivity index (χ1) is 14.6. The highest BCUT2D eigenvalue weighted by Gasteiger charge is 2.07. The summed E-state index contributed by atoms with van der Waals surface area (Å²) < 4.78 is 11.5. The zero-order chi connectivity index (χ0) is 21.2. The van der Waals surface area contributed by atoms with Crippen LogP contribution in [0.5, 0.6) is 11.5 Å². The number of hydrazone groups is 1. The van der Waals surface area contributed by atoms with E-state index in [2.05, 4.69) is 20.7 Å². The number of para-hydroxylation sites is 1. The lowest BCUT2D eigenvalue weighted by molar-refractivity contribution is -0.120. The first kappa shape index (κ1) is 21.3. The predicted molar refractivity (Wildman–Crippen MR) is 117 cm³/mol. The van der Waals surface area contributed by atoms with Crippen LogP contribution in [0.15, 0.2) is 53.6 Å². The van der Waals surface area contributed by atoms with E-state index in [9.17, 15) is 4.79 Å². The molecule has 0 saturated carbocycles. The summed E-state index contributed by atoms with van der Waals surface area (Å²) >= 11 is 1.18. The number of ether oxygens (including phenoxy) is 2. The van der Waals surface area contributed by atoms with Gasteiger partial charge >= 0.3 is 0 Å². The van der Waals surface area contributed by atoms with Crippen LogP contribution in [0, 0.1) is 6.92 Å². The first-order valence-electron chi connectivity index (χ1n) is 9.41. The molecular weight excluding hydrogens is 402 g/mol. The third kappa shape index (κ3) is 6.85. The Balaban J connectivity index is 1.39. The summed E-state index contributed by atoms with van der Waals surface area (Å²) in [6, 6.07) is 15.4. The molecule has 3 rings (SSSR count). The lowest BCUT2D eigenvalue weighted by Gasteiger charge is -2.10. The molecule has 1 aromatic heterocycles. The fourth-order valence-corrected chi connectivity index (χ4v) is 3.14. The van der Waals surface area contributed by atoms with Crippen LogP contribution in [-0.2, 0) is 11.2 Å². The lowest BCUT2D eigenvalue weighted by atomic mass is 10.2. The number of anilines is 1. The average Bonchev–Trinajstić information content (AvgIpc) is 3.14. The van der Waals surface area contributed by atoms with Crippen molar-refractivity contribution < 1.29 is 14.3 Å². The van der Waals surface area contributed by atoms with Crippen LogP contribution < -0.4 is 20.6 Å². The molecule has 0 radical (unpaired) electrons. The monoisotopic (exact) mass is 425 g/mol. The summed E-state index contributed by atoms with van der Waals surface area (Å²) in [5.74, 6) is 1.33. The Kier molecular flexibility index (Phi) is 7.73. The molecule has 1 heterocycles. The molecule has 0 spiro atoms. The van der Waals surface area contributed by atoms with E-state index >= 15 is 0 Å². The highest BCUT2D eigenvalue weighted by molar-refractivity contribution is 7.15. The molecule has 0 aliphatic carbocycles. The minimum Gasteiger partial charge on any atom is -0.493 e. The molecule has 2 aromatic carbocycles. The second-order valence-corrected chi connectivity index (χ2v) is 7.49. The molecule has 3 N–H and O–H groups in total. The van der Waals surface area contributed by atoms with Gasteiger partial charge in [0.1, 0.15) is 16.5 Å². The van der Waals surface area contributed by atoms with Crippen LogP contribution in [0.3, 0.4) is 0 Å². The Labute approximate surface area is 178 Å². The van der Waals surface area contributed by atoms with Crippen molar-refractivity contribution in [1.29, 1.82) is 0 Å². The number of carbonyl (C=O) groups is 1. The normalized spacial score (nSPS) is 10.8. The summed E-state index contributed by atoms with van der Waals surface area (Å²) in [5, 5.41) is 12.3. The molecular formula is C21H23N5O3S. The summed E-state index contributed by atoms with van der Waals surface area (Å²) in [6.07, 6.45) is 2.40. The van der Waals surface area contributed by atoms with E-state index in [0.29, 0.717) is 23.4 Å². The molecule has 8 nitrogen and oxygen atoms in total. The van der Waals surface area contributed by atoms with Crippen molar-refractivity contribution in [2.45, 2.75) is 19.8 Å². The van der Waals surface area contributed by atoms with Crippen molar-refractivity contribution in [2.24, 2.45) is 5.10 Å². The average molecular weight is 426 g/mol. The van der Waals surface area contributed by atoms with Gasteiger partial charge in [-0.15, -0.1) is 10.2 Å². The zero-order valence-corrected chi connectivity index (χ0v) is 17.4. The summed E-state index contributed by atoms with van der Waals surface area (Å²) in [6.45, 7) is 3.14. The summed E-state index contributed by atoms with van der Waals surface area (Å²) in [5.41, 5.74) is 9.88. The van der Waals surface area contributed by atoms with E-state index in [1.54, 1.807) is 6.21 Å². The number of hydrogen-bond donors (Lipinski definition) is 2. The minimum atomic E-state index is -0.288. The standard InChI is InChI=1S/C21H23N5O3S/c1-15-6-2-3-9-18(15)29-11-5-10-28-17-8-4-7-16(12-17)14-23-24-19(27)13-20-25-26-21(22)30-20/h2-4,6-9,12,14H,5,10-11,13H2,1H3,(H2,22,26)(H,24,27)/b23-14-. The number of amides is 1. The van der Waals surface area contributed by atoms with Gasteiger partial charge in [0.25, 0.3) is 0 Å². The Morgan fingerprint density at radius 1 is 1.17 bits per heavy atom. The van der Waals surface area contributed by atoms with Crippen LogP contribution in [0.1, 0.15) is 22.6 Å². The number of rotatable bonds is 10. The Bertz CT molecular complexity index is 1010. The van der Waals surface area contributed by atoms with Gasteiger partial charge in [0.2, 0.25) is 11.0 Å². The van der Waals surface area contributed by atoms with Gasteiger partial charge in [-0.25, -0.2) is 5.43 Å². The number of nitrogens with two attached hydrogens (primary N) is 1. The number of aromatic nitrogens is 2. The van der Waals surface area contributed by atoms with Gasteiger partial charge in [-0.3, -0.25) is 4.79 Å². The molecule has 0 fully saturated rings. The quantitative estimate of drug-likeness (QED) is 0.293. The molecule has 3 aromatic rings. The van der Waals surface area contributed by atoms with Crippen molar-refractivity contribution in [3.05, 3.63) is 64.7 Å². The Morgan fingerprint density at radius 2 is 2.00 bits per heavy atom. The molecule has 0 atom stereocenters. The molecule has 30 heavy (non-hydrogen) atoms. The summed E-state index contributed by atoms with van der Waals surface area (Å²) in [4.78, 5) is 11.8. The van der Waals surface area contributed by atoms with Gasteiger partial charge in [-0.05, 0) is 36.2 Å². The van der Waals surface area contributed by atoms with Crippen molar-refractivity contribution in [2.75, 3.05) is 18.9 Å². The number of carbonyl (C=O) groups excluding carboxylic acids is 1. The highest BCUT2D eigenvalue weighted by atomic mass is 32.1. The molecule has 0 saturated heterocycles. The largest absolute Gasteiger partial charge is 0.493 e. The van der Waals surface area contributed by atoms with Crippen molar-refractivity contribution >= 4 is 28.6 Å². The number of benzene rings is 2. The van der Waals surface area contributed by atoms with Gasteiger partial charge in [0, 0.05) is 6.42 Å². The van der Waals surface area contributed by atoms with Crippen molar-refractivity contribution in [3.63, 3.8) is 0 Å². The van der Waals surface area contributed by atoms with Gasteiger partial charge in [0.15, 0.2) is 0 Å². The van der Waals surface area contributed by atoms with Gasteiger partial charge in [0.05, 0.1) is 25.8 Å². The molecule has 9 heteroatoms. The number of hydrogen-bond acceptors (Lipinski definition) is 8. The Morgan fingerprint density at radius 3 is 2.80 bits per heavy atom. The van der Waals surface area contributed by atoms with E-state index in [0.717, 1.165) is 29.0 Å². The summed E-state index contributed by atoms with van der Waals surface area (Å²) in [7, 11) is 0. The molecule has 156 valence electrons. The molecule has 1 amide bonds. The SMILES string of the molecule is Cc1ccccc1OCCCOc1cccc(/C=N\NC(=O)Cc2nnc(N)s2)c1. The van der Waals surface area contributed by atoms with Crippen LogP contribution in [-0.4, -0.2) is 35.5 Å². The molecule has 0 bridgehead atoms. The van der Waals surface area contributed by atoms with Crippen LogP contribution in [0.4, 0.5) is 5.13 Å². The van der Waals surface area contributed by atoms with E-state index in [1.165, 1.54) is 11.3 Å². The van der Waals surface area contributed by atoms with Gasteiger partial charge in [-0.1, -0.05) is 41.7 Å². The first-order valence-corrected chi connectivity index (χ1v) is 10.2. The Hall–Kier alpha value is -3.46. The lowest BCUT2D eigenvalue weighted by Crippen LogP contribution is -2.19. The van der Waals surface area contributed by atoms with Crippen LogP contribution in [0.25, 0.3) is 0 Å². The highest BCUT2D eigenvalue weighted by Crippen LogP contribution is 2.17. The maximum atomic E-state index is 11.8. The second-order valence-electron chi connectivity index (χ2n) is 6.39. The van der Waals surface area contributed by atoms with E-state index < -0.39 is 0 Å². The van der Waals surface area contributed by atoms with E-state index in [4.69, 9.17) is 15.2 Å². The predicted octanol–water partition coefficient (Wildman–Crippen LogP) is 2.97. The number of nitrogens with one attached hydrogen (secondary N) is 1. The van der Waals surface area contributed by atoms with Gasteiger partial charge < -0.3 is 15.2 Å². The topological polar surface area (TPSA) is 112 Å². The van der Waals surface area contributed by atoms with E-state index in [1.807, 2.05) is 55.5 Å². The van der Waals surface area contributed by atoms with Gasteiger partial charge in [-0.2, -0.15) is 5.10 Å². The molecule has 0 unspecified atom stereocenters. The third-order valence-corrected chi connectivity index (χ3v) is 4.72.